The smallest absolute Gasteiger partial charge is 0.271 e. The highest BCUT2D eigenvalue weighted by atomic mass is 16.6. The number of carbonyl (C=O) groups is 2. The number of pyridine rings is 1. The van der Waals surface area contributed by atoms with E-state index in [2.05, 4.69) is 20.8 Å². The SMILES string of the molecule is CC(CC(=O)Nc1cccnc1)=NNC(=O)c1cccc([N+](=O)[O-])c1. The van der Waals surface area contributed by atoms with E-state index in [9.17, 15) is 19.7 Å². The summed E-state index contributed by atoms with van der Waals surface area (Å²) in [7, 11) is 0. The zero-order valence-electron chi connectivity index (χ0n) is 13.3. The summed E-state index contributed by atoms with van der Waals surface area (Å²) in [5.41, 5.74) is 3.11. The predicted molar refractivity (Wildman–Crippen MR) is 91.2 cm³/mol. The normalized spacial score (nSPS) is 10.8. The minimum absolute atomic E-state index is 0.0237. The molecule has 9 nitrogen and oxygen atoms in total. The first-order chi connectivity index (χ1) is 12.0. The van der Waals surface area contributed by atoms with Gasteiger partial charge in [0.2, 0.25) is 5.91 Å². The monoisotopic (exact) mass is 341 g/mol. The van der Waals surface area contributed by atoms with Crippen molar-refractivity contribution in [3.63, 3.8) is 0 Å². The molecule has 0 unspecified atom stereocenters. The molecular weight excluding hydrogens is 326 g/mol. The summed E-state index contributed by atoms with van der Waals surface area (Å²) < 4.78 is 0. The van der Waals surface area contributed by atoms with Gasteiger partial charge in [-0.05, 0) is 25.1 Å². The van der Waals surface area contributed by atoms with E-state index < -0.39 is 10.8 Å². The van der Waals surface area contributed by atoms with Gasteiger partial charge < -0.3 is 5.32 Å². The largest absolute Gasteiger partial charge is 0.324 e. The molecule has 2 amide bonds. The van der Waals surface area contributed by atoms with E-state index >= 15 is 0 Å². The molecule has 0 fully saturated rings. The molecule has 9 heteroatoms. The number of hydrazone groups is 1. The average Bonchev–Trinajstić information content (AvgIpc) is 2.60. The molecule has 0 saturated carbocycles. The highest BCUT2D eigenvalue weighted by Crippen LogP contribution is 2.12. The van der Waals surface area contributed by atoms with E-state index in [4.69, 9.17) is 0 Å². The number of benzene rings is 1. The summed E-state index contributed by atoms with van der Waals surface area (Å²) in [6.07, 6.45) is 3.07. The quantitative estimate of drug-likeness (QED) is 0.473. The summed E-state index contributed by atoms with van der Waals surface area (Å²) >= 11 is 0. The first-order valence-electron chi connectivity index (χ1n) is 7.23. The number of nitro benzene ring substituents is 1. The van der Waals surface area contributed by atoms with Crippen LogP contribution in [0.25, 0.3) is 0 Å². The third-order valence-corrected chi connectivity index (χ3v) is 3.03. The minimum atomic E-state index is -0.601. The summed E-state index contributed by atoms with van der Waals surface area (Å²) in [6, 6.07) is 8.66. The van der Waals surface area contributed by atoms with Crippen LogP contribution in [0, 0.1) is 10.1 Å². The van der Waals surface area contributed by atoms with Gasteiger partial charge in [-0.15, -0.1) is 0 Å². The Balaban J connectivity index is 1.92. The van der Waals surface area contributed by atoms with E-state index in [1.165, 1.54) is 24.4 Å². The lowest BCUT2D eigenvalue weighted by atomic mass is 10.2. The number of amides is 2. The van der Waals surface area contributed by atoms with Crippen LogP contribution in [-0.4, -0.2) is 27.4 Å². The number of non-ortho nitro benzene ring substituents is 1. The lowest BCUT2D eigenvalue weighted by molar-refractivity contribution is -0.384. The van der Waals surface area contributed by atoms with E-state index in [-0.39, 0.29) is 23.6 Å². The predicted octanol–water partition coefficient (Wildman–Crippen LogP) is 2.12. The van der Waals surface area contributed by atoms with Crippen molar-refractivity contribution in [3.05, 3.63) is 64.5 Å². The van der Waals surface area contributed by atoms with Crippen molar-refractivity contribution < 1.29 is 14.5 Å². The standard InChI is InChI=1S/C16H15N5O4/c1-11(8-15(22)18-13-5-3-7-17-10-13)19-20-16(23)12-4-2-6-14(9-12)21(24)25/h2-7,9-10H,8H2,1H3,(H,18,22)(H,20,23). The molecule has 0 atom stereocenters. The fourth-order valence-electron chi connectivity index (χ4n) is 1.89. The Labute approximate surface area is 142 Å². The maximum absolute atomic E-state index is 12.0. The van der Waals surface area contributed by atoms with E-state index in [1.54, 1.807) is 25.3 Å². The Hall–Kier alpha value is -3.62. The number of aromatic nitrogens is 1. The van der Waals surface area contributed by atoms with E-state index in [0.29, 0.717) is 11.4 Å². The maximum atomic E-state index is 12.0. The Morgan fingerprint density at radius 2 is 2.08 bits per heavy atom. The van der Waals surface area contributed by atoms with Crippen LogP contribution in [0.4, 0.5) is 11.4 Å². The molecule has 0 aliphatic rings. The van der Waals surface area contributed by atoms with Gasteiger partial charge in [-0.1, -0.05) is 6.07 Å². The molecule has 128 valence electrons. The Kier molecular flexibility index (Phi) is 5.88. The molecule has 25 heavy (non-hydrogen) atoms. The van der Waals surface area contributed by atoms with Crippen LogP contribution in [0.3, 0.4) is 0 Å². The van der Waals surface area contributed by atoms with Gasteiger partial charge in [-0.2, -0.15) is 5.10 Å². The van der Waals surface area contributed by atoms with Crippen LogP contribution in [0.1, 0.15) is 23.7 Å². The number of nitro groups is 1. The molecule has 0 aliphatic carbocycles. The lowest BCUT2D eigenvalue weighted by Gasteiger charge is -2.05. The first kappa shape index (κ1) is 17.7. The van der Waals surface area contributed by atoms with Crippen molar-refractivity contribution in [2.45, 2.75) is 13.3 Å². The molecule has 2 N–H and O–H groups in total. The fraction of sp³-hybridized carbons (Fsp3) is 0.125. The van der Waals surface area contributed by atoms with Gasteiger partial charge in [-0.3, -0.25) is 24.7 Å². The zero-order valence-corrected chi connectivity index (χ0v) is 13.3. The molecule has 0 bridgehead atoms. The van der Waals surface area contributed by atoms with Crippen molar-refractivity contribution in [3.8, 4) is 0 Å². The van der Waals surface area contributed by atoms with Crippen LogP contribution in [0.5, 0.6) is 0 Å². The number of hydrogen-bond acceptors (Lipinski definition) is 6. The van der Waals surface area contributed by atoms with Crippen molar-refractivity contribution in [1.82, 2.24) is 10.4 Å². The van der Waals surface area contributed by atoms with Crippen molar-refractivity contribution in [1.29, 1.82) is 0 Å². The van der Waals surface area contributed by atoms with Crippen LogP contribution < -0.4 is 10.7 Å². The molecule has 0 aliphatic heterocycles. The Morgan fingerprint density at radius 1 is 1.28 bits per heavy atom. The van der Waals surface area contributed by atoms with Gasteiger partial charge in [0.25, 0.3) is 11.6 Å². The first-order valence-corrected chi connectivity index (χ1v) is 7.23. The number of nitrogens with zero attached hydrogens (tertiary/aromatic N) is 3. The third-order valence-electron chi connectivity index (χ3n) is 3.03. The number of carbonyl (C=O) groups excluding carboxylic acids is 2. The van der Waals surface area contributed by atoms with Gasteiger partial charge in [0.15, 0.2) is 0 Å². The van der Waals surface area contributed by atoms with Crippen molar-refractivity contribution in [2.75, 3.05) is 5.32 Å². The molecular formula is C16H15N5O4. The molecule has 1 aromatic heterocycles. The molecule has 0 spiro atoms. The highest BCUT2D eigenvalue weighted by Gasteiger charge is 2.11. The summed E-state index contributed by atoms with van der Waals surface area (Å²) in [5, 5.41) is 17.2. The second-order valence-electron chi connectivity index (χ2n) is 5.06. The van der Waals surface area contributed by atoms with Gasteiger partial charge >= 0.3 is 0 Å². The van der Waals surface area contributed by atoms with E-state index in [1.807, 2.05) is 0 Å². The van der Waals surface area contributed by atoms with Gasteiger partial charge in [-0.25, -0.2) is 5.43 Å². The summed E-state index contributed by atoms with van der Waals surface area (Å²) in [5.74, 6) is -0.908. The Bertz CT molecular complexity index is 820. The fourth-order valence-corrected chi connectivity index (χ4v) is 1.89. The van der Waals surface area contributed by atoms with Gasteiger partial charge in [0.1, 0.15) is 0 Å². The van der Waals surface area contributed by atoms with Crippen LogP contribution in [0.2, 0.25) is 0 Å². The topological polar surface area (TPSA) is 127 Å². The Morgan fingerprint density at radius 3 is 2.76 bits per heavy atom. The second kappa shape index (κ2) is 8.29. The zero-order chi connectivity index (χ0) is 18.2. The molecule has 1 heterocycles. The van der Waals surface area contributed by atoms with Crippen LogP contribution >= 0.6 is 0 Å². The summed E-state index contributed by atoms with van der Waals surface area (Å²) in [4.78, 5) is 37.8. The third kappa shape index (κ3) is 5.50. The number of anilines is 1. The van der Waals surface area contributed by atoms with Crippen LogP contribution in [0.15, 0.2) is 53.9 Å². The maximum Gasteiger partial charge on any atom is 0.271 e. The second-order valence-corrected chi connectivity index (χ2v) is 5.06. The number of hydrogen-bond donors (Lipinski definition) is 2. The van der Waals surface area contributed by atoms with Crippen LogP contribution in [-0.2, 0) is 4.79 Å². The van der Waals surface area contributed by atoms with Crippen molar-refractivity contribution in [2.24, 2.45) is 5.10 Å². The van der Waals surface area contributed by atoms with E-state index in [0.717, 1.165) is 6.07 Å². The molecule has 0 radical (unpaired) electrons. The minimum Gasteiger partial charge on any atom is -0.324 e. The summed E-state index contributed by atoms with van der Waals surface area (Å²) in [6.45, 7) is 1.58. The molecule has 2 aromatic rings. The van der Waals surface area contributed by atoms with Crippen molar-refractivity contribution >= 4 is 28.9 Å². The lowest BCUT2D eigenvalue weighted by Crippen LogP contribution is -2.21. The molecule has 1 aromatic carbocycles. The van der Waals surface area contributed by atoms with Gasteiger partial charge in [0.05, 0.1) is 23.2 Å². The number of rotatable bonds is 6. The molecule has 2 rings (SSSR count). The highest BCUT2D eigenvalue weighted by molar-refractivity contribution is 6.06. The van der Waals surface area contributed by atoms with Gasteiger partial charge in [0, 0.05) is 29.6 Å². The average molecular weight is 341 g/mol. The molecule has 0 saturated heterocycles. The number of nitrogens with one attached hydrogen (secondary N) is 2.